The maximum Gasteiger partial charge on any atom is 0.308 e. The Balaban J connectivity index is 2.53. The quantitative estimate of drug-likeness (QED) is 0.881. The summed E-state index contributed by atoms with van der Waals surface area (Å²) in [6, 6.07) is 6.97. The second-order valence-corrected chi connectivity index (χ2v) is 5.07. The first-order valence-electron chi connectivity index (χ1n) is 6.64. The van der Waals surface area contributed by atoms with Crippen LogP contribution in [0.4, 0.5) is 0 Å². The molecule has 0 radical (unpaired) electrons. The molecule has 0 unspecified atom stereocenters. The molecule has 2 N–H and O–H groups in total. The molecule has 6 nitrogen and oxygen atoms in total. The number of carboxylic acids is 1. The minimum atomic E-state index is -1.02. The lowest BCUT2D eigenvalue weighted by atomic mass is 10.0. The van der Waals surface area contributed by atoms with E-state index in [4.69, 9.17) is 9.84 Å². The van der Waals surface area contributed by atoms with E-state index < -0.39 is 5.97 Å². The molecule has 0 atom stereocenters. The lowest BCUT2D eigenvalue weighted by Crippen LogP contribution is -2.19. The van der Waals surface area contributed by atoms with Crippen LogP contribution in [0, 0.1) is 0 Å². The number of methoxy groups -OCH3 is 1. The molecular formula is C15H18N2O4. The Bertz CT molecular complexity index is 695. The Kier molecular flexibility index (Phi) is 4.16. The summed E-state index contributed by atoms with van der Waals surface area (Å²) in [5, 5.41) is 12.0. The van der Waals surface area contributed by atoms with Crippen LogP contribution in [0.3, 0.4) is 0 Å². The fourth-order valence-corrected chi connectivity index (χ4v) is 2.20. The van der Waals surface area contributed by atoms with Crippen molar-refractivity contribution >= 4 is 5.97 Å². The summed E-state index contributed by atoms with van der Waals surface area (Å²) >= 11 is 0. The zero-order valence-corrected chi connectivity index (χ0v) is 12.2. The van der Waals surface area contributed by atoms with Crippen LogP contribution < -0.4 is 10.3 Å². The van der Waals surface area contributed by atoms with Gasteiger partial charge in [-0.1, -0.05) is 13.8 Å². The van der Waals surface area contributed by atoms with Gasteiger partial charge in [0, 0.05) is 5.69 Å². The number of aromatic amines is 1. The predicted molar refractivity (Wildman–Crippen MR) is 78.4 cm³/mol. The minimum absolute atomic E-state index is 0.0338. The summed E-state index contributed by atoms with van der Waals surface area (Å²) in [5.41, 5.74) is 1.26. The Labute approximate surface area is 122 Å². The number of hydrogen-bond donors (Lipinski definition) is 2. The van der Waals surface area contributed by atoms with Crippen LogP contribution in [0.5, 0.6) is 5.75 Å². The summed E-state index contributed by atoms with van der Waals surface area (Å²) in [4.78, 5) is 23.4. The fraction of sp³-hybridized carbons (Fsp3) is 0.333. The number of hydrogen-bond acceptors (Lipinski definition) is 3. The largest absolute Gasteiger partial charge is 0.497 e. The zero-order chi connectivity index (χ0) is 15.6. The highest BCUT2D eigenvalue weighted by molar-refractivity contribution is 5.70. The molecular weight excluding hydrogens is 272 g/mol. The van der Waals surface area contributed by atoms with Gasteiger partial charge >= 0.3 is 5.97 Å². The van der Waals surface area contributed by atoms with E-state index in [1.165, 1.54) is 4.68 Å². The van der Waals surface area contributed by atoms with Crippen molar-refractivity contribution in [3.63, 3.8) is 0 Å². The normalized spacial score (nSPS) is 10.9. The SMILES string of the molecule is COc1ccc(-n2[nH]c(C(C)C)c(CC(=O)O)c2=O)cc1. The topological polar surface area (TPSA) is 84.3 Å². The molecule has 0 fully saturated rings. The van der Waals surface area contributed by atoms with Crippen molar-refractivity contribution in [3.8, 4) is 11.4 Å². The van der Waals surface area contributed by atoms with Crippen LogP contribution >= 0.6 is 0 Å². The van der Waals surface area contributed by atoms with Crippen molar-refractivity contribution in [2.45, 2.75) is 26.2 Å². The summed E-state index contributed by atoms with van der Waals surface area (Å²) < 4.78 is 6.45. The van der Waals surface area contributed by atoms with Crippen molar-refractivity contribution in [2.24, 2.45) is 0 Å². The molecule has 6 heteroatoms. The molecule has 112 valence electrons. The second-order valence-electron chi connectivity index (χ2n) is 5.07. The summed E-state index contributed by atoms with van der Waals surface area (Å²) in [6.07, 6.45) is -0.286. The van der Waals surface area contributed by atoms with Crippen molar-refractivity contribution in [3.05, 3.63) is 45.9 Å². The van der Waals surface area contributed by atoms with Crippen LogP contribution in [0.1, 0.15) is 31.0 Å². The molecule has 0 spiro atoms. The third-order valence-electron chi connectivity index (χ3n) is 3.25. The van der Waals surface area contributed by atoms with Gasteiger partial charge in [-0.05, 0) is 30.2 Å². The van der Waals surface area contributed by atoms with Gasteiger partial charge in [-0.25, -0.2) is 4.68 Å². The molecule has 21 heavy (non-hydrogen) atoms. The summed E-state index contributed by atoms with van der Waals surface area (Å²) in [6.45, 7) is 3.82. The van der Waals surface area contributed by atoms with Gasteiger partial charge in [0.2, 0.25) is 0 Å². The predicted octanol–water partition coefficient (Wildman–Crippen LogP) is 1.92. The summed E-state index contributed by atoms with van der Waals surface area (Å²) in [7, 11) is 1.57. The molecule has 2 aromatic rings. The smallest absolute Gasteiger partial charge is 0.308 e. The van der Waals surface area contributed by atoms with Crippen molar-refractivity contribution in [1.82, 2.24) is 9.78 Å². The van der Waals surface area contributed by atoms with Gasteiger partial charge in [0.25, 0.3) is 5.56 Å². The monoisotopic (exact) mass is 290 g/mol. The molecule has 1 heterocycles. The molecule has 0 bridgehead atoms. The van der Waals surface area contributed by atoms with E-state index in [-0.39, 0.29) is 17.9 Å². The van der Waals surface area contributed by atoms with E-state index in [1.807, 2.05) is 13.8 Å². The van der Waals surface area contributed by atoms with Gasteiger partial charge in [0.15, 0.2) is 0 Å². The van der Waals surface area contributed by atoms with Gasteiger partial charge < -0.3 is 9.84 Å². The first kappa shape index (κ1) is 14.9. The van der Waals surface area contributed by atoms with E-state index in [2.05, 4.69) is 5.10 Å². The Morgan fingerprint density at radius 1 is 1.33 bits per heavy atom. The van der Waals surface area contributed by atoms with E-state index in [9.17, 15) is 9.59 Å². The van der Waals surface area contributed by atoms with E-state index in [0.29, 0.717) is 22.7 Å². The number of nitrogens with one attached hydrogen (secondary N) is 1. The minimum Gasteiger partial charge on any atom is -0.497 e. The average molecular weight is 290 g/mol. The average Bonchev–Trinajstić information content (AvgIpc) is 2.76. The van der Waals surface area contributed by atoms with Crippen LogP contribution in [0.2, 0.25) is 0 Å². The van der Waals surface area contributed by atoms with Gasteiger partial charge in [-0.3, -0.25) is 14.7 Å². The number of aliphatic carboxylic acids is 1. The molecule has 1 aromatic heterocycles. The van der Waals surface area contributed by atoms with E-state index in [0.717, 1.165) is 0 Å². The van der Waals surface area contributed by atoms with Gasteiger partial charge in [0.1, 0.15) is 5.75 Å². The van der Waals surface area contributed by atoms with Crippen molar-refractivity contribution in [1.29, 1.82) is 0 Å². The highest BCUT2D eigenvalue weighted by Gasteiger charge is 2.19. The van der Waals surface area contributed by atoms with E-state index >= 15 is 0 Å². The van der Waals surface area contributed by atoms with Crippen molar-refractivity contribution in [2.75, 3.05) is 7.11 Å². The van der Waals surface area contributed by atoms with Gasteiger partial charge in [0.05, 0.1) is 24.8 Å². The third kappa shape index (κ3) is 2.99. The molecule has 0 amide bonds. The lowest BCUT2D eigenvalue weighted by Gasteiger charge is -2.05. The van der Waals surface area contributed by atoms with Gasteiger partial charge in [-0.15, -0.1) is 0 Å². The standard InChI is InChI=1S/C15H18N2O4/c1-9(2)14-12(8-13(18)19)15(20)17(16-14)10-4-6-11(21-3)7-5-10/h4-7,9,16H,8H2,1-3H3,(H,18,19). The van der Waals surface area contributed by atoms with Crippen molar-refractivity contribution < 1.29 is 14.6 Å². The molecule has 1 aromatic carbocycles. The number of rotatable bonds is 5. The van der Waals surface area contributed by atoms with Gasteiger partial charge in [-0.2, -0.15) is 0 Å². The Morgan fingerprint density at radius 3 is 2.43 bits per heavy atom. The van der Waals surface area contributed by atoms with E-state index in [1.54, 1.807) is 31.4 Å². The first-order chi connectivity index (χ1) is 9.93. The van der Waals surface area contributed by atoms with Crippen LogP contribution in [0.15, 0.2) is 29.1 Å². The number of aromatic nitrogens is 2. The molecule has 0 saturated carbocycles. The molecule has 2 rings (SSSR count). The molecule has 0 aliphatic carbocycles. The number of nitrogens with zero attached hydrogens (tertiary/aromatic N) is 1. The Hall–Kier alpha value is -2.50. The van der Waals surface area contributed by atoms with Crippen LogP contribution in [0.25, 0.3) is 5.69 Å². The zero-order valence-electron chi connectivity index (χ0n) is 12.2. The lowest BCUT2D eigenvalue weighted by molar-refractivity contribution is -0.136. The second kappa shape index (κ2) is 5.87. The Morgan fingerprint density at radius 2 is 1.95 bits per heavy atom. The number of carboxylic acid groups (broad SMARTS) is 1. The molecule has 0 aliphatic heterocycles. The highest BCUT2D eigenvalue weighted by atomic mass is 16.5. The number of carbonyl (C=O) groups is 1. The fourth-order valence-electron chi connectivity index (χ4n) is 2.20. The molecule has 0 aliphatic rings. The number of ether oxygens (including phenoxy) is 1. The maximum atomic E-state index is 12.4. The van der Waals surface area contributed by atoms with Crippen LogP contribution in [-0.2, 0) is 11.2 Å². The van der Waals surface area contributed by atoms with Crippen LogP contribution in [-0.4, -0.2) is 28.0 Å². The first-order valence-corrected chi connectivity index (χ1v) is 6.64. The summed E-state index contributed by atoms with van der Waals surface area (Å²) in [5.74, 6) is -0.297. The number of H-pyrrole nitrogens is 1. The molecule has 0 saturated heterocycles. The highest BCUT2D eigenvalue weighted by Crippen LogP contribution is 2.18. The maximum absolute atomic E-state index is 12.4. The third-order valence-corrected chi connectivity index (χ3v) is 3.25. The number of benzene rings is 1.